The molecule has 2 N–H and O–H groups in total. The number of imide groups is 1. The monoisotopic (exact) mass is 532 g/mol. The lowest BCUT2D eigenvalue weighted by molar-refractivity contribution is -0.117. The molecule has 1 saturated carbocycles. The summed E-state index contributed by atoms with van der Waals surface area (Å²) in [5.41, 5.74) is 1.19. The van der Waals surface area contributed by atoms with E-state index < -0.39 is 23.7 Å². The lowest BCUT2D eigenvalue weighted by Gasteiger charge is -2.18. The van der Waals surface area contributed by atoms with Crippen LogP contribution in [0.5, 0.6) is 11.5 Å². The number of carbonyl (C=O) groups is 3. The van der Waals surface area contributed by atoms with Gasteiger partial charge in [-0.05, 0) is 61.4 Å². The molecule has 6 rings (SSSR count). The second-order valence-corrected chi connectivity index (χ2v) is 9.26. The van der Waals surface area contributed by atoms with Crippen molar-refractivity contribution in [1.29, 1.82) is 0 Å². The molecule has 1 aliphatic heterocycles. The van der Waals surface area contributed by atoms with Crippen LogP contribution in [0.3, 0.4) is 0 Å². The summed E-state index contributed by atoms with van der Waals surface area (Å²) in [4.78, 5) is 44.1. The second kappa shape index (κ2) is 9.71. The van der Waals surface area contributed by atoms with Gasteiger partial charge in [-0.1, -0.05) is 0 Å². The fraction of sp³-hybridized carbons (Fsp3) is 0.185. The van der Waals surface area contributed by atoms with Gasteiger partial charge in [0.1, 0.15) is 17.2 Å². The minimum absolute atomic E-state index is 0.0522. The van der Waals surface area contributed by atoms with Crippen molar-refractivity contribution in [3.63, 3.8) is 0 Å². The van der Waals surface area contributed by atoms with Crippen molar-refractivity contribution in [3.8, 4) is 11.5 Å². The van der Waals surface area contributed by atoms with Crippen molar-refractivity contribution < 1.29 is 27.9 Å². The highest BCUT2D eigenvalue weighted by Gasteiger charge is 2.34. The zero-order chi connectivity index (χ0) is 27.1. The first-order valence-corrected chi connectivity index (χ1v) is 12.3. The molecule has 0 atom stereocenters. The van der Waals surface area contributed by atoms with Crippen molar-refractivity contribution in [1.82, 2.24) is 14.3 Å². The molecule has 12 heteroatoms. The molecule has 39 heavy (non-hydrogen) atoms. The lowest BCUT2D eigenvalue weighted by Crippen LogP contribution is -2.39. The second-order valence-electron chi connectivity index (χ2n) is 9.26. The van der Waals surface area contributed by atoms with Gasteiger partial charge in [-0.3, -0.25) is 9.69 Å². The number of hydrogen-bond donors (Lipinski definition) is 2. The predicted octanol–water partition coefficient (Wildman–Crippen LogP) is 5.23. The van der Waals surface area contributed by atoms with E-state index in [1.807, 2.05) is 0 Å². The lowest BCUT2D eigenvalue weighted by atomic mass is 10.3. The molecule has 0 radical (unpaired) electrons. The van der Waals surface area contributed by atoms with Crippen LogP contribution in [-0.4, -0.2) is 45.3 Å². The Morgan fingerprint density at radius 2 is 1.74 bits per heavy atom. The maximum Gasteiger partial charge on any atom is 0.332 e. The average Bonchev–Trinajstić information content (AvgIpc) is 3.59. The van der Waals surface area contributed by atoms with Gasteiger partial charge in [0, 0.05) is 29.9 Å². The fourth-order valence-electron chi connectivity index (χ4n) is 4.23. The molecule has 3 heterocycles. The van der Waals surface area contributed by atoms with Gasteiger partial charge in [0.15, 0.2) is 17.4 Å². The number of carbonyl (C=O) groups excluding carboxylic acids is 3. The van der Waals surface area contributed by atoms with Crippen molar-refractivity contribution >= 4 is 40.8 Å². The molecule has 10 nitrogen and oxygen atoms in total. The predicted molar refractivity (Wildman–Crippen MR) is 138 cm³/mol. The number of benzene rings is 2. The Hall–Kier alpha value is -5.00. The summed E-state index contributed by atoms with van der Waals surface area (Å²) < 4.78 is 35.4. The number of ether oxygens (including phenoxy) is 1. The Bertz CT molecular complexity index is 1600. The van der Waals surface area contributed by atoms with Crippen LogP contribution in [0.4, 0.5) is 35.6 Å². The first-order valence-electron chi connectivity index (χ1n) is 12.3. The SMILES string of the molecule is O=C(Nc1cn2cc(Oc3ccc(NC(=O)N4CCN(c5ccc(F)cc5)C4=O)cc3F)ccc2n1)C1CC1. The van der Waals surface area contributed by atoms with Gasteiger partial charge >= 0.3 is 12.1 Å². The van der Waals surface area contributed by atoms with Crippen LogP contribution >= 0.6 is 0 Å². The number of nitrogens with zero attached hydrogens (tertiary/aromatic N) is 4. The fourth-order valence-corrected chi connectivity index (χ4v) is 4.23. The largest absolute Gasteiger partial charge is 0.453 e. The van der Waals surface area contributed by atoms with Crippen LogP contribution in [0, 0.1) is 17.6 Å². The topological polar surface area (TPSA) is 108 Å². The average molecular weight is 533 g/mol. The van der Waals surface area contributed by atoms with Crippen LogP contribution < -0.4 is 20.3 Å². The van der Waals surface area contributed by atoms with E-state index in [1.165, 1.54) is 41.3 Å². The maximum atomic E-state index is 14.8. The van der Waals surface area contributed by atoms with Crippen molar-refractivity contribution in [2.75, 3.05) is 28.6 Å². The number of nitrogens with one attached hydrogen (secondary N) is 2. The third-order valence-corrected chi connectivity index (χ3v) is 6.43. The van der Waals surface area contributed by atoms with E-state index in [-0.39, 0.29) is 36.4 Å². The van der Waals surface area contributed by atoms with Gasteiger partial charge in [-0.25, -0.2) is 28.3 Å². The Kier molecular flexibility index (Phi) is 6.06. The number of anilines is 3. The summed E-state index contributed by atoms with van der Waals surface area (Å²) in [5, 5.41) is 5.30. The van der Waals surface area contributed by atoms with E-state index in [9.17, 15) is 23.2 Å². The summed E-state index contributed by atoms with van der Waals surface area (Å²) in [5.74, 6) is -0.474. The Morgan fingerprint density at radius 3 is 2.49 bits per heavy atom. The number of halogens is 2. The molecule has 2 fully saturated rings. The summed E-state index contributed by atoms with van der Waals surface area (Å²) >= 11 is 0. The van der Waals surface area contributed by atoms with Gasteiger partial charge in [0.25, 0.3) is 0 Å². The van der Waals surface area contributed by atoms with E-state index in [0.717, 1.165) is 23.8 Å². The van der Waals surface area contributed by atoms with Gasteiger partial charge in [0.2, 0.25) is 5.91 Å². The quantitative estimate of drug-likeness (QED) is 0.354. The highest BCUT2D eigenvalue weighted by Crippen LogP contribution is 2.31. The molecule has 1 saturated heterocycles. The standard InChI is InChI=1S/C27H22F2N6O4/c28-17-3-6-19(7-4-17)34-11-12-35(27(34)38)26(37)30-18-5-9-22(21(29)13-18)39-20-8-10-24-31-23(15-33(24)14-20)32-25(36)16-1-2-16/h3-10,13-16H,1-2,11-12H2,(H,30,37)(H,32,36). The zero-order valence-corrected chi connectivity index (χ0v) is 20.4. The van der Waals surface area contributed by atoms with E-state index in [1.54, 1.807) is 28.9 Å². The highest BCUT2D eigenvalue weighted by molar-refractivity contribution is 6.08. The van der Waals surface area contributed by atoms with Crippen molar-refractivity contribution in [2.45, 2.75) is 12.8 Å². The summed E-state index contributed by atoms with van der Waals surface area (Å²) in [6, 6.07) is 11.3. The summed E-state index contributed by atoms with van der Waals surface area (Å²) in [6.45, 7) is 0.364. The van der Waals surface area contributed by atoms with Crippen LogP contribution in [-0.2, 0) is 4.79 Å². The number of rotatable bonds is 6. The number of amides is 5. The van der Waals surface area contributed by atoms with Gasteiger partial charge in [-0.15, -0.1) is 0 Å². The third kappa shape index (κ3) is 5.08. The number of pyridine rings is 1. The van der Waals surface area contributed by atoms with Crippen LogP contribution in [0.25, 0.3) is 5.65 Å². The number of imidazole rings is 1. The summed E-state index contributed by atoms with van der Waals surface area (Å²) in [7, 11) is 0. The van der Waals surface area contributed by atoms with Crippen LogP contribution in [0.2, 0.25) is 0 Å². The van der Waals surface area contributed by atoms with Gasteiger partial charge in [-0.2, -0.15) is 0 Å². The molecule has 2 aromatic heterocycles. The molecule has 198 valence electrons. The smallest absolute Gasteiger partial charge is 0.332 e. The molecule has 1 aliphatic carbocycles. The normalized spacial score (nSPS) is 15.1. The molecule has 4 aromatic rings. The maximum absolute atomic E-state index is 14.8. The van der Waals surface area contributed by atoms with E-state index in [4.69, 9.17) is 4.74 Å². The van der Waals surface area contributed by atoms with Crippen LogP contribution in [0.15, 0.2) is 67.0 Å². The Balaban J connectivity index is 1.10. The Labute approximate surface area is 220 Å². The van der Waals surface area contributed by atoms with Gasteiger partial charge < -0.3 is 19.8 Å². The number of hydrogen-bond acceptors (Lipinski definition) is 5. The molecular weight excluding hydrogens is 510 g/mol. The molecule has 0 bridgehead atoms. The Morgan fingerprint density at radius 1 is 0.949 bits per heavy atom. The van der Waals surface area contributed by atoms with E-state index in [0.29, 0.717) is 22.9 Å². The molecular formula is C27H22F2N6O4. The third-order valence-electron chi connectivity index (χ3n) is 6.43. The molecule has 5 amide bonds. The van der Waals surface area contributed by atoms with E-state index >= 15 is 0 Å². The van der Waals surface area contributed by atoms with Crippen molar-refractivity contribution in [3.05, 3.63) is 78.6 Å². The molecule has 2 aliphatic rings. The first kappa shape index (κ1) is 24.3. The number of urea groups is 2. The van der Waals surface area contributed by atoms with Gasteiger partial charge in [0.05, 0.1) is 18.9 Å². The molecule has 0 unspecified atom stereocenters. The molecule has 0 spiro atoms. The highest BCUT2D eigenvalue weighted by atomic mass is 19.1. The zero-order valence-electron chi connectivity index (χ0n) is 20.4. The van der Waals surface area contributed by atoms with Crippen LogP contribution in [0.1, 0.15) is 12.8 Å². The minimum atomic E-state index is -0.725. The van der Waals surface area contributed by atoms with E-state index in [2.05, 4.69) is 15.6 Å². The number of fused-ring (bicyclic) bond motifs is 1. The summed E-state index contributed by atoms with van der Waals surface area (Å²) in [6.07, 6.45) is 5.03. The first-order chi connectivity index (χ1) is 18.8. The number of aromatic nitrogens is 2. The molecule has 2 aromatic carbocycles. The minimum Gasteiger partial charge on any atom is -0.453 e. The van der Waals surface area contributed by atoms with Crippen molar-refractivity contribution in [2.24, 2.45) is 5.92 Å².